The van der Waals surface area contributed by atoms with Crippen LogP contribution in [0.1, 0.15) is 34.6 Å². The highest BCUT2D eigenvalue weighted by atomic mass is 16.8. The second-order valence-electron chi connectivity index (χ2n) is 26.6. The molecular formula is C58H98N2O43. The summed E-state index contributed by atoms with van der Waals surface area (Å²) in [6, 6.07) is -4.02. The molecule has 9 heterocycles. The summed E-state index contributed by atoms with van der Waals surface area (Å²) in [5, 5.41) is 270. The summed E-state index contributed by atoms with van der Waals surface area (Å²) < 4.78 is 102. The molecule has 9 rings (SSSR count). The smallest absolute Gasteiger partial charge is 0.217 e. The molecule has 0 aromatic carbocycles. The molecule has 45 nitrogen and oxygen atoms in total. The number of hydrogen-bond donors (Lipinski definition) is 26. The van der Waals surface area contributed by atoms with Gasteiger partial charge < -0.3 is 214 Å². The monoisotopic (exact) mass is 1510 g/mol. The average molecular weight is 1510 g/mol. The van der Waals surface area contributed by atoms with Crippen LogP contribution in [-0.4, -0.2) is 450 Å². The van der Waals surface area contributed by atoms with Crippen LogP contribution in [0.5, 0.6) is 0 Å². The van der Waals surface area contributed by atoms with Crippen LogP contribution >= 0.6 is 0 Å². The van der Waals surface area contributed by atoms with Gasteiger partial charge >= 0.3 is 0 Å². The number of rotatable bonds is 24. The molecule has 2 amide bonds. The van der Waals surface area contributed by atoms with E-state index in [0.717, 1.165) is 13.8 Å². The Morgan fingerprint density at radius 2 is 0.524 bits per heavy atom. The SMILES string of the molecule is CC(=O)N[C@@H]1C(O[C@@H]2OC(C)[C@H](O)[C@@H](O)C2O)[C@@H](O[C@H]2O[C@H](CO)[C@@H](O)C(O[C@@H]3OC(CO)[C@H](O[C@H]4O[C@H](CO)[C@@H](O)C(O)C4O[C@H]4OC(C)[C@@H](O)C(O)C4O)C(O[C@@H]4OC(C)[C@H](O)[C@@H](O)C4O)[C@H]3NC(C)=O)C2O)C(CO)O[C@H]1OC1[C@@H](O)C(CO)O[C@@H](O[C@H]2C(CO)O[C@@H](O)[C@H](O)C2O)[C@@H]1O. The van der Waals surface area contributed by atoms with Gasteiger partial charge in [0.2, 0.25) is 11.8 Å². The number of nitrogens with one attached hydrogen (secondary N) is 2. The molecule has 0 aromatic heterocycles. The van der Waals surface area contributed by atoms with Crippen LogP contribution in [0.4, 0.5) is 0 Å². The van der Waals surface area contributed by atoms with Crippen molar-refractivity contribution in [3.05, 3.63) is 0 Å². The third kappa shape index (κ3) is 17.9. The van der Waals surface area contributed by atoms with Crippen LogP contribution in [-0.2, 0) is 90.1 Å². The van der Waals surface area contributed by atoms with Crippen LogP contribution in [0.3, 0.4) is 0 Å². The number of carbonyl (C=O) groups is 2. The summed E-state index contributed by atoms with van der Waals surface area (Å²) in [5.41, 5.74) is 0. The second-order valence-corrected chi connectivity index (χ2v) is 26.6. The zero-order chi connectivity index (χ0) is 75.8. The molecule has 19 unspecified atom stereocenters. The molecule has 0 radical (unpaired) electrons. The van der Waals surface area contributed by atoms with Crippen LogP contribution in [0, 0.1) is 0 Å². The Balaban J connectivity index is 1.06. The van der Waals surface area contributed by atoms with Crippen molar-refractivity contribution in [1.29, 1.82) is 0 Å². The summed E-state index contributed by atoms with van der Waals surface area (Å²) >= 11 is 0. The number of aliphatic hydroxyl groups is 24. The fraction of sp³-hybridized carbons (Fsp3) is 0.966. The highest BCUT2D eigenvalue weighted by Crippen LogP contribution is 2.41. The van der Waals surface area contributed by atoms with E-state index in [1.165, 1.54) is 20.8 Å². The van der Waals surface area contributed by atoms with E-state index in [2.05, 4.69) is 10.6 Å². The third-order valence-electron chi connectivity index (χ3n) is 19.5. The Hall–Kier alpha value is -2.70. The van der Waals surface area contributed by atoms with Gasteiger partial charge in [0, 0.05) is 13.8 Å². The predicted octanol–water partition coefficient (Wildman–Crippen LogP) is -17.3. The van der Waals surface area contributed by atoms with Crippen molar-refractivity contribution in [2.75, 3.05) is 39.6 Å². The molecule has 0 aliphatic carbocycles. The normalized spacial score (nSPS) is 52.3. The number of ether oxygens (including phenoxy) is 17. The first kappa shape index (κ1) is 84.3. The van der Waals surface area contributed by atoms with Gasteiger partial charge in [-0.1, -0.05) is 0 Å². The number of carbonyl (C=O) groups excluding carboxylic acids is 2. The quantitative estimate of drug-likeness (QED) is 0.0427. The van der Waals surface area contributed by atoms with Crippen molar-refractivity contribution in [2.45, 2.75) is 311 Å². The fourth-order valence-corrected chi connectivity index (χ4v) is 13.6. The topological polar surface area (TPSA) is 701 Å². The van der Waals surface area contributed by atoms with E-state index < -0.39 is 328 Å². The molecule has 45 heteroatoms. The van der Waals surface area contributed by atoms with Crippen molar-refractivity contribution in [3.8, 4) is 0 Å². The van der Waals surface area contributed by atoms with E-state index in [0.29, 0.717) is 0 Å². The fourth-order valence-electron chi connectivity index (χ4n) is 13.6. The van der Waals surface area contributed by atoms with Crippen LogP contribution in [0.15, 0.2) is 0 Å². The van der Waals surface area contributed by atoms with Gasteiger partial charge in [0.15, 0.2) is 56.6 Å². The van der Waals surface area contributed by atoms with Crippen LogP contribution < -0.4 is 10.6 Å². The van der Waals surface area contributed by atoms with Crippen molar-refractivity contribution in [1.82, 2.24) is 10.6 Å². The molecule has 9 aliphatic rings. The lowest BCUT2D eigenvalue weighted by Crippen LogP contribution is -2.72. The summed E-state index contributed by atoms with van der Waals surface area (Å²) in [5.74, 6) is -1.98. The first-order valence-electron chi connectivity index (χ1n) is 33.2. The molecule has 0 bridgehead atoms. The molecule has 9 fully saturated rings. The zero-order valence-electron chi connectivity index (χ0n) is 55.7. The Morgan fingerprint density at radius 1 is 0.252 bits per heavy atom. The van der Waals surface area contributed by atoms with E-state index >= 15 is 0 Å². The summed E-state index contributed by atoms with van der Waals surface area (Å²) in [6.07, 6.45) is -86.2. The van der Waals surface area contributed by atoms with Gasteiger partial charge in [0.1, 0.15) is 201 Å². The van der Waals surface area contributed by atoms with Crippen LogP contribution in [0.25, 0.3) is 0 Å². The van der Waals surface area contributed by atoms with Crippen molar-refractivity contribution in [2.24, 2.45) is 0 Å². The lowest BCUT2D eigenvalue weighted by Gasteiger charge is -2.53. The van der Waals surface area contributed by atoms with Gasteiger partial charge in [0.05, 0.1) is 58.0 Å². The maximum absolute atomic E-state index is 13.5. The number of amides is 2. The minimum atomic E-state index is -2.48. The highest BCUT2D eigenvalue weighted by Gasteiger charge is 2.62. The first-order chi connectivity index (χ1) is 48.6. The molecule has 9 aliphatic heterocycles. The van der Waals surface area contributed by atoms with Gasteiger partial charge in [-0.3, -0.25) is 9.59 Å². The van der Waals surface area contributed by atoms with Gasteiger partial charge in [-0.15, -0.1) is 0 Å². The van der Waals surface area contributed by atoms with E-state index in [-0.39, 0.29) is 0 Å². The Kier molecular flexibility index (Phi) is 29.5. The van der Waals surface area contributed by atoms with Gasteiger partial charge in [0.25, 0.3) is 0 Å². The van der Waals surface area contributed by atoms with Crippen molar-refractivity contribution >= 4 is 11.8 Å². The molecule has 9 saturated heterocycles. The molecule has 26 N–H and O–H groups in total. The zero-order valence-corrected chi connectivity index (χ0v) is 55.7. The maximum Gasteiger partial charge on any atom is 0.217 e. The summed E-state index contributed by atoms with van der Waals surface area (Å²) in [4.78, 5) is 26.9. The van der Waals surface area contributed by atoms with Gasteiger partial charge in [-0.2, -0.15) is 0 Å². The molecule has 0 spiro atoms. The average Bonchev–Trinajstić information content (AvgIpc) is 0.761. The molecule has 45 atom stereocenters. The van der Waals surface area contributed by atoms with Gasteiger partial charge in [-0.25, -0.2) is 0 Å². The maximum atomic E-state index is 13.5. The molecule has 598 valence electrons. The lowest BCUT2D eigenvalue weighted by molar-refractivity contribution is -0.404. The first-order valence-corrected chi connectivity index (χ1v) is 33.2. The van der Waals surface area contributed by atoms with E-state index in [4.69, 9.17) is 80.5 Å². The minimum absolute atomic E-state index is 0.936. The molecule has 0 aromatic rings. The van der Waals surface area contributed by atoms with E-state index in [9.17, 15) is 132 Å². The summed E-state index contributed by atoms with van der Waals surface area (Å²) in [6.45, 7) is -1.11. The van der Waals surface area contributed by atoms with Crippen molar-refractivity contribution in [3.63, 3.8) is 0 Å². The molecular weight excluding hydrogens is 1410 g/mol. The molecule has 103 heavy (non-hydrogen) atoms. The van der Waals surface area contributed by atoms with Gasteiger partial charge in [-0.05, 0) is 20.8 Å². The number of hydrogen-bond acceptors (Lipinski definition) is 43. The Labute approximate surface area is 584 Å². The summed E-state index contributed by atoms with van der Waals surface area (Å²) in [7, 11) is 0. The Morgan fingerprint density at radius 3 is 0.883 bits per heavy atom. The van der Waals surface area contributed by atoms with Crippen molar-refractivity contribution < 1.29 is 213 Å². The van der Waals surface area contributed by atoms with E-state index in [1.807, 2.05) is 0 Å². The number of aliphatic hydroxyl groups excluding tert-OH is 24. The highest BCUT2D eigenvalue weighted by molar-refractivity contribution is 5.73. The second kappa shape index (κ2) is 36.0. The van der Waals surface area contributed by atoms with Crippen LogP contribution in [0.2, 0.25) is 0 Å². The standard InChI is InChI=1S/C58H98N2O43/c1-12-25(69)31(75)37(81)53(87-12)99-45-23(59-15(4)67)51(101-47-29(73)18(7-62)91-56(40(47)84)96-42-20(9-64)90-50(86)36(80)35(42)79)94-21(10-65)43(45)97-57-41(85)48(30(74)19(8-63)92-57)102-52-24(60-16(5)68)46(100-54-38(82)32(76)26(70)13(2)88-54)44(22(11-66)95-52)98-58-49(34(78)28(72)17(6-61)93-58)103-55-39(83)33(77)27(71)14(3)89-55/h12-14,17-58,61-66,69-86H,6-11H2,1-5H3,(H,59,67)(H,60,68)/t12?,13?,14?,17-,18?,19-,20?,21?,22?,23-,24-,25+,26+,27-,28-,29+,30-,31-,32-,33?,34?,35?,36-,37?,38?,39?,40-,41?,42+,43+,44+,45?,46?,47?,48?,49?,50-,51+,52+,53+,54+,55-,56+,57-,58-/m1/s1. The largest absolute Gasteiger partial charge is 0.394 e. The van der Waals surface area contributed by atoms with E-state index in [1.54, 1.807) is 0 Å². The lowest BCUT2D eigenvalue weighted by atomic mass is 9.93. The third-order valence-corrected chi connectivity index (χ3v) is 19.5. The minimum Gasteiger partial charge on any atom is -0.394 e. The molecule has 0 saturated carbocycles. The predicted molar refractivity (Wildman–Crippen MR) is 316 cm³/mol. The Bertz CT molecular complexity index is 2660.